The summed E-state index contributed by atoms with van der Waals surface area (Å²) in [6.45, 7) is 0.559. The van der Waals surface area contributed by atoms with Crippen LogP contribution in [0.5, 0.6) is 5.75 Å². The van der Waals surface area contributed by atoms with Crippen molar-refractivity contribution in [1.29, 1.82) is 0 Å². The van der Waals surface area contributed by atoms with E-state index in [2.05, 4.69) is 17.7 Å². The summed E-state index contributed by atoms with van der Waals surface area (Å²) in [5, 5.41) is 0. The van der Waals surface area contributed by atoms with Gasteiger partial charge in [-0.05, 0) is 79.9 Å². The van der Waals surface area contributed by atoms with E-state index >= 15 is 0 Å². The van der Waals surface area contributed by atoms with Crippen LogP contribution in [0.1, 0.15) is 83.1 Å². The van der Waals surface area contributed by atoms with Crippen LogP contribution < -0.4 is 4.74 Å². The number of unbranched alkanes of at least 4 members (excludes halogenated alkanes) is 1. The molecule has 1 aromatic rings. The van der Waals surface area contributed by atoms with E-state index in [1.807, 2.05) is 6.08 Å². The molecular formula is C27H37F5O. The van der Waals surface area contributed by atoms with E-state index in [0.29, 0.717) is 5.92 Å². The van der Waals surface area contributed by atoms with Crippen LogP contribution >= 0.6 is 0 Å². The number of benzene rings is 1. The second kappa shape index (κ2) is 11.7. The molecule has 2 fully saturated rings. The molecule has 0 saturated heterocycles. The van der Waals surface area contributed by atoms with Crippen molar-refractivity contribution in [2.45, 2.75) is 89.7 Å². The van der Waals surface area contributed by atoms with Crippen molar-refractivity contribution in [3.8, 4) is 5.75 Å². The summed E-state index contributed by atoms with van der Waals surface area (Å²) in [5.41, 5.74) is 0.887. The molecule has 2 saturated carbocycles. The molecule has 0 spiro atoms. The molecule has 0 heterocycles. The normalized spacial score (nSPS) is 27.1. The zero-order valence-corrected chi connectivity index (χ0v) is 19.6. The van der Waals surface area contributed by atoms with Gasteiger partial charge in [0, 0.05) is 0 Å². The topological polar surface area (TPSA) is 9.23 Å². The summed E-state index contributed by atoms with van der Waals surface area (Å²) in [5.74, 6) is -1.58. The van der Waals surface area contributed by atoms with Crippen molar-refractivity contribution in [2.75, 3.05) is 6.61 Å². The summed E-state index contributed by atoms with van der Waals surface area (Å²) >= 11 is 0. The Balaban J connectivity index is 1.39. The van der Waals surface area contributed by atoms with Gasteiger partial charge in [0.15, 0.2) is 6.61 Å². The van der Waals surface area contributed by atoms with Crippen molar-refractivity contribution in [1.82, 2.24) is 0 Å². The van der Waals surface area contributed by atoms with Crippen molar-refractivity contribution < 1.29 is 26.7 Å². The molecule has 1 nitrogen and oxygen atoms in total. The maximum Gasteiger partial charge on any atom is 0.456 e. The first-order valence-electron chi connectivity index (χ1n) is 12.5. The summed E-state index contributed by atoms with van der Waals surface area (Å²) < 4.78 is 67.3. The van der Waals surface area contributed by atoms with Crippen molar-refractivity contribution in [3.63, 3.8) is 0 Å². The minimum atomic E-state index is -5.61. The van der Waals surface area contributed by atoms with Gasteiger partial charge in [0.05, 0.1) is 0 Å². The monoisotopic (exact) mass is 472 g/mol. The molecule has 0 atom stereocenters. The van der Waals surface area contributed by atoms with Crippen LogP contribution in [0.2, 0.25) is 0 Å². The number of alkyl halides is 5. The van der Waals surface area contributed by atoms with Gasteiger partial charge in [0.1, 0.15) is 5.75 Å². The lowest BCUT2D eigenvalue weighted by Crippen LogP contribution is -2.41. The molecule has 0 bridgehead atoms. The van der Waals surface area contributed by atoms with E-state index in [1.165, 1.54) is 82.8 Å². The van der Waals surface area contributed by atoms with Crippen molar-refractivity contribution in [3.05, 3.63) is 35.9 Å². The van der Waals surface area contributed by atoms with Crippen molar-refractivity contribution >= 4 is 6.08 Å². The van der Waals surface area contributed by atoms with Gasteiger partial charge < -0.3 is 4.74 Å². The lowest BCUT2D eigenvalue weighted by molar-refractivity contribution is -0.290. The molecule has 6 heteroatoms. The van der Waals surface area contributed by atoms with E-state index in [0.717, 1.165) is 23.3 Å². The van der Waals surface area contributed by atoms with Gasteiger partial charge in [-0.3, -0.25) is 0 Å². The van der Waals surface area contributed by atoms with Crippen LogP contribution in [0, 0.1) is 23.7 Å². The highest BCUT2D eigenvalue weighted by atomic mass is 19.4. The zero-order valence-electron chi connectivity index (χ0n) is 19.6. The molecule has 0 aliphatic heterocycles. The molecule has 186 valence electrons. The summed E-state index contributed by atoms with van der Waals surface area (Å²) in [4.78, 5) is 0. The van der Waals surface area contributed by atoms with E-state index in [-0.39, 0.29) is 5.75 Å². The summed E-state index contributed by atoms with van der Waals surface area (Å²) in [6, 6.07) is 6.22. The van der Waals surface area contributed by atoms with Gasteiger partial charge in [-0.1, -0.05) is 63.3 Å². The van der Waals surface area contributed by atoms with E-state index in [1.54, 1.807) is 12.1 Å². The summed E-state index contributed by atoms with van der Waals surface area (Å²) in [7, 11) is 0. The summed E-state index contributed by atoms with van der Waals surface area (Å²) in [6.07, 6.45) is 13.3. The standard InChI is InChI=1S/C27H37F5O/c1-2-3-4-20-7-13-23(14-8-20)24-15-9-21(10-16-24)5-6-22-11-17-25(18-12-22)33-19-26(28,29)27(30,31)32/h5-6,11-12,17-18,20-21,23-24H,2-4,7-10,13-16,19H2,1H3. The lowest BCUT2D eigenvalue weighted by atomic mass is 9.68. The third-order valence-electron chi connectivity index (χ3n) is 7.62. The molecule has 2 aliphatic rings. The molecule has 0 aromatic heterocycles. The molecule has 2 aliphatic carbocycles. The Bertz CT molecular complexity index is 724. The third-order valence-corrected chi connectivity index (χ3v) is 7.62. The van der Waals surface area contributed by atoms with Gasteiger partial charge in [-0.25, -0.2) is 0 Å². The number of ether oxygens (including phenoxy) is 1. The molecule has 0 radical (unpaired) electrons. The fourth-order valence-corrected chi connectivity index (χ4v) is 5.43. The molecular weight excluding hydrogens is 435 g/mol. The minimum Gasteiger partial charge on any atom is -0.487 e. The van der Waals surface area contributed by atoms with Gasteiger partial charge >= 0.3 is 12.1 Å². The first-order valence-corrected chi connectivity index (χ1v) is 12.5. The highest BCUT2D eigenvalue weighted by Gasteiger charge is 2.58. The van der Waals surface area contributed by atoms with E-state index < -0.39 is 18.7 Å². The van der Waals surface area contributed by atoms with Crippen LogP contribution in [-0.2, 0) is 0 Å². The quantitative estimate of drug-likeness (QED) is 0.326. The first kappa shape index (κ1) is 26.0. The Morgan fingerprint density at radius 2 is 1.42 bits per heavy atom. The zero-order chi connectivity index (χ0) is 23.9. The predicted molar refractivity (Wildman–Crippen MR) is 122 cm³/mol. The average molecular weight is 473 g/mol. The molecule has 1 aromatic carbocycles. The molecule has 33 heavy (non-hydrogen) atoms. The largest absolute Gasteiger partial charge is 0.487 e. The maximum atomic E-state index is 13.0. The highest BCUT2D eigenvalue weighted by Crippen LogP contribution is 2.42. The van der Waals surface area contributed by atoms with Gasteiger partial charge in [-0.2, -0.15) is 22.0 Å². The van der Waals surface area contributed by atoms with E-state index in [9.17, 15) is 22.0 Å². The van der Waals surface area contributed by atoms with Crippen LogP contribution in [0.15, 0.2) is 30.3 Å². The Hall–Kier alpha value is -1.59. The predicted octanol–water partition coefficient (Wildman–Crippen LogP) is 9.08. The van der Waals surface area contributed by atoms with Crippen molar-refractivity contribution in [2.24, 2.45) is 23.7 Å². The SMILES string of the molecule is CCCCC1CCC(C2CCC(C=Cc3ccc(OCC(F)(F)C(F)(F)F)cc3)CC2)CC1. The first-order chi connectivity index (χ1) is 15.7. The van der Waals surface area contributed by atoms with Gasteiger partial charge in [-0.15, -0.1) is 0 Å². The second-order valence-electron chi connectivity index (χ2n) is 10.0. The molecule has 0 unspecified atom stereocenters. The number of hydrogen-bond donors (Lipinski definition) is 0. The fraction of sp³-hybridized carbons (Fsp3) is 0.704. The number of rotatable bonds is 9. The number of halogens is 5. The van der Waals surface area contributed by atoms with Crippen LogP contribution in [-0.4, -0.2) is 18.7 Å². The lowest BCUT2D eigenvalue weighted by Gasteiger charge is -2.37. The maximum absolute atomic E-state index is 13.0. The molecule has 0 N–H and O–H groups in total. The minimum absolute atomic E-state index is 0.000924. The van der Waals surface area contributed by atoms with Gasteiger partial charge in [0.25, 0.3) is 0 Å². The van der Waals surface area contributed by atoms with Crippen LogP contribution in [0.3, 0.4) is 0 Å². The van der Waals surface area contributed by atoms with E-state index in [4.69, 9.17) is 0 Å². The van der Waals surface area contributed by atoms with Crippen LogP contribution in [0.25, 0.3) is 6.08 Å². The van der Waals surface area contributed by atoms with Crippen LogP contribution in [0.4, 0.5) is 22.0 Å². The highest BCUT2D eigenvalue weighted by molar-refractivity contribution is 5.50. The Kier molecular flexibility index (Phi) is 9.23. The Morgan fingerprint density at radius 3 is 1.97 bits per heavy atom. The molecule has 3 rings (SSSR count). The third kappa shape index (κ3) is 7.71. The average Bonchev–Trinajstić information content (AvgIpc) is 2.81. The Morgan fingerprint density at radius 1 is 0.848 bits per heavy atom. The number of hydrogen-bond acceptors (Lipinski definition) is 1. The smallest absolute Gasteiger partial charge is 0.456 e. The number of allylic oxidation sites excluding steroid dienone is 1. The Labute approximate surface area is 194 Å². The second-order valence-corrected chi connectivity index (χ2v) is 10.0. The fourth-order valence-electron chi connectivity index (χ4n) is 5.43. The van der Waals surface area contributed by atoms with Gasteiger partial charge in [0.2, 0.25) is 0 Å². The molecule has 0 amide bonds.